The molecule has 2 aromatic rings. The van der Waals surface area contributed by atoms with Crippen molar-refractivity contribution in [3.63, 3.8) is 0 Å². The van der Waals surface area contributed by atoms with Gasteiger partial charge in [0.15, 0.2) is 0 Å². The molecule has 2 amide bonds. The summed E-state index contributed by atoms with van der Waals surface area (Å²) in [6.45, 7) is 4.91. The lowest BCUT2D eigenvalue weighted by atomic mass is 10.1. The molecule has 0 heterocycles. The van der Waals surface area contributed by atoms with Crippen LogP contribution in [-0.4, -0.2) is 18.4 Å². The number of rotatable bonds is 7. The fourth-order valence-corrected chi connectivity index (χ4v) is 2.22. The van der Waals surface area contributed by atoms with Gasteiger partial charge >= 0.3 is 0 Å². The van der Waals surface area contributed by atoms with Gasteiger partial charge in [-0.1, -0.05) is 37.6 Å². The maximum Gasteiger partial charge on any atom is 0.269 e. The van der Waals surface area contributed by atoms with Gasteiger partial charge in [0.05, 0.1) is 6.61 Å². The molecule has 0 fully saturated rings. The third-order valence-electron chi connectivity index (χ3n) is 3.68. The van der Waals surface area contributed by atoms with Crippen LogP contribution in [0, 0.1) is 5.92 Å². The number of benzene rings is 2. The molecule has 142 valence electrons. The fraction of sp³-hybridized carbons (Fsp3) is 0.238. The van der Waals surface area contributed by atoms with Gasteiger partial charge in [-0.3, -0.25) is 20.4 Å². The number of hydrazine groups is 1. The second kappa shape index (κ2) is 10.4. The smallest absolute Gasteiger partial charge is 0.269 e. The van der Waals surface area contributed by atoms with Crippen LogP contribution in [0.15, 0.2) is 54.6 Å². The van der Waals surface area contributed by atoms with Gasteiger partial charge in [0.2, 0.25) is 0 Å². The average molecular weight is 387 g/mol. The van der Waals surface area contributed by atoms with Crippen LogP contribution in [0.5, 0.6) is 5.75 Å². The summed E-state index contributed by atoms with van der Waals surface area (Å²) in [5, 5.41) is 0.625. The van der Waals surface area contributed by atoms with Crippen LogP contribution >= 0.6 is 11.6 Å². The summed E-state index contributed by atoms with van der Waals surface area (Å²) in [6.07, 6.45) is 3.92. The number of carbonyl (C=O) groups excluding carboxylic acids is 2. The molecule has 0 saturated heterocycles. The Morgan fingerprint density at radius 1 is 1.04 bits per heavy atom. The van der Waals surface area contributed by atoms with E-state index < -0.39 is 11.8 Å². The largest absolute Gasteiger partial charge is 0.494 e. The van der Waals surface area contributed by atoms with E-state index in [1.165, 1.54) is 6.08 Å². The number of hydrogen-bond donors (Lipinski definition) is 2. The summed E-state index contributed by atoms with van der Waals surface area (Å²) in [4.78, 5) is 23.9. The Kier molecular flexibility index (Phi) is 7.89. The van der Waals surface area contributed by atoms with Gasteiger partial charge in [-0.25, -0.2) is 0 Å². The first-order chi connectivity index (χ1) is 12.9. The minimum absolute atomic E-state index is 0.406. The highest BCUT2D eigenvalue weighted by Crippen LogP contribution is 2.13. The lowest BCUT2D eigenvalue weighted by Crippen LogP contribution is -2.40. The second-order valence-corrected chi connectivity index (χ2v) is 6.82. The fourth-order valence-electron chi connectivity index (χ4n) is 2.09. The third kappa shape index (κ3) is 7.54. The first-order valence-electron chi connectivity index (χ1n) is 8.71. The van der Waals surface area contributed by atoms with Crippen molar-refractivity contribution >= 4 is 29.5 Å². The molecule has 0 atom stereocenters. The Labute approximate surface area is 164 Å². The molecule has 0 unspecified atom stereocenters. The zero-order chi connectivity index (χ0) is 19.6. The van der Waals surface area contributed by atoms with Crippen LogP contribution in [0.3, 0.4) is 0 Å². The number of ether oxygens (including phenoxy) is 1. The van der Waals surface area contributed by atoms with E-state index in [1.807, 2.05) is 0 Å². The predicted octanol–water partition coefficient (Wildman–Crippen LogP) is 4.24. The normalized spacial score (nSPS) is 10.8. The van der Waals surface area contributed by atoms with E-state index in [1.54, 1.807) is 54.6 Å². The van der Waals surface area contributed by atoms with Crippen molar-refractivity contribution in [3.8, 4) is 5.75 Å². The second-order valence-electron chi connectivity index (χ2n) is 6.38. The minimum Gasteiger partial charge on any atom is -0.494 e. The van der Waals surface area contributed by atoms with E-state index in [0.29, 0.717) is 28.9 Å². The molecule has 2 N–H and O–H groups in total. The topological polar surface area (TPSA) is 67.4 Å². The summed E-state index contributed by atoms with van der Waals surface area (Å²) in [6, 6.07) is 13.8. The highest BCUT2D eigenvalue weighted by Gasteiger charge is 2.06. The molecule has 0 bridgehead atoms. The molecule has 0 radical (unpaired) electrons. The molecule has 0 aromatic heterocycles. The van der Waals surface area contributed by atoms with Crippen LogP contribution in [0.4, 0.5) is 0 Å². The van der Waals surface area contributed by atoms with Crippen molar-refractivity contribution in [1.82, 2.24) is 10.9 Å². The van der Waals surface area contributed by atoms with Crippen LogP contribution in [0.1, 0.15) is 36.2 Å². The molecule has 5 nitrogen and oxygen atoms in total. The summed E-state index contributed by atoms with van der Waals surface area (Å²) in [5.41, 5.74) is 5.96. The molecule has 0 aliphatic rings. The summed E-state index contributed by atoms with van der Waals surface area (Å²) >= 11 is 5.81. The van der Waals surface area contributed by atoms with Gasteiger partial charge in [0.25, 0.3) is 11.8 Å². The van der Waals surface area contributed by atoms with Crippen LogP contribution in [-0.2, 0) is 4.79 Å². The predicted molar refractivity (Wildman–Crippen MR) is 107 cm³/mol. The number of carbonyl (C=O) groups is 2. The standard InChI is InChI=1S/C21H23ClN2O3/c1-15(2)13-14-27-19-10-6-17(7-11-19)21(26)24-23-20(25)12-5-16-3-8-18(22)9-4-16/h3-12,15H,13-14H2,1-2H3,(H,23,25)(H,24,26)/b12-5+. The Balaban J connectivity index is 1.79. The molecule has 2 rings (SSSR count). The van der Waals surface area contributed by atoms with Crippen molar-refractivity contribution in [1.29, 1.82) is 0 Å². The van der Waals surface area contributed by atoms with Crippen molar-refractivity contribution < 1.29 is 14.3 Å². The SMILES string of the molecule is CC(C)CCOc1ccc(C(=O)NNC(=O)/C=C/c2ccc(Cl)cc2)cc1. The first kappa shape index (κ1) is 20.5. The Morgan fingerprint density at radius 2 is 1.70 bits per heavy atom. The molecule has 0 saturated carbocycles. The van der Waals surface area contributed by atoms with Gasteiger partial charge in [0, 0.05) is 16.7 Å². The van der Waals surface area contributed by atoms with Crippen molar-refractivity contribution in [2.45, 2.75) is 20.3 Å². The van der Waals surface area contributed by atoms with E-state index in [4.69, 9.17) is 16.3 Å². The molecular formula is C21H23ClN2O3. The molecule has 0 aliphatic heterocycles. The number of hydrogen-bond acceptors (Lipinski definition) is 3. The summed E-state index contributed by atoms with van der Waals surface area (Å²) in [5.74, 6) is 0.443. The number of halogens is 1. The minimum atomic E-state index is -0.438. The van der Waals surface area contributed by atoms with E-state index >= 15 is 0 Å². The highest BCUT2D eigenvalue weighted by molar-refractivity contribution is 6.30. The highest BCUT2D eigenvalue weighted by atomic mass is 35.5. The molecule has 6 heteroatoms. The number of amides is 2. The van der Waals surface area contributed by atoms with Crippen LogP contribution in [0.25, 0.3) is 6.08 Å². The van der Waals surface area contributed by atoms with E-state index in [0.717, 1.165) is 12.0 Å². The third-order valence-corrected chi connectivity index (χ3v) is 3.93. The molecule has 2 aromatic carbocycles. The van der Waals surface area contributed by atoms with Crippen molar-refractivity contribution in [2.24, 2.45) is 5.92 Å². The zero-order valence-corrected chi connectivity index (χ0v) is 16.1. The van der Waals surface area contributed by atoms with Crippen molar-refractivity contribution in [2.75, 3.05) is 6.61 Å². The maximum absolute atomic E-state index is 12.1. The van der Waals surface area contributed by atoms with Crippen LogP contribution in [0.2, 0.25) is 5.02 Å². The van der Waals surface area contributed by atoms with E-state index in [-0.39, 0.29) is 0 Å². The molecule has 0 spiro atoms. The monoisotopic (exact) mass is 386 g/mol. The van der Waals surface area contributed by atoms with E-state index in [9.17, 15) is 9.59 Å². The molecule has 0 aliphatic carbocycles. The lowest BCUT2D eigenvalue weighted by molar-refractivity contribution is -0.117. The summed E-state index contributed by atoms with van der Waals surface area (Å²) in [7, 11) is 0. The zero-order valence-electron chi connectivity index (χ0n) is 15.4. The van der Waals surface area contributed by atoms with E-state index in [2.05, 4.69) is 24.7 Å². The lowest BCUT2D eigenvalue weighted by Gasteiger charge is -2.09. The van der Waals surface area contributed by atoms with Gasteiger partial charge < -0.3 is 4.74 Å². The summed E-state index contributed by atoms with van der Waals surface area (Å²) < 4.78 is 5.61. The van der Waals surface area contributed by atoms with Gasteiger partial charge in [-0.05, 0) is 60.4 Å². The van der Waals surface area contributed by atoms with Crippen molar-refractivity contribution in [3.05, 3.63) is 70.8 Å². The molecule has 27 heavy (non-hydrogen) atoms. The van der Waals surface area contributed by atoms with Gasteiger partial charge in [0.1, 0.15) is 5.75 Å². The average Bonchev–Trinajstić information content (AvgIpc) is 2.66. The number of nitrogens with one attached hydrogen (secondary N) is 2. The first-order valence-corrected chi connectivity index (χ1v) is 9.08. The Hall–Kier alpha value is -2.79. The molecular weight excluding hydrogens is 364 g/mol. The quantitative estimate of drug-likeness (QED) is 0.552. The maximum atomic E-state index is 12.1. The van der Waals surface area contributed by atoms with Crippen LogP contribution < -0.4 is 15.6 Å². The Bertz CT molecular complexity index is 784. The van der Waals surface area contributed by atoms with Gasteiger partial charge in [-0.2, -0.15) is 0 Å². The Morgan fingerprint density at radius 3 is 2.33 bits per heavy atom. The van der Waals surface area contributed by atoms with Gasteiger partial charge in [-0.15, -0.1) is 0 Å².